The predicted molar refractivity (Wildman–Crippen MR) is 110 cm³/mol. The highest BCUT2D eigenvalue weighted by Crippen LogP contribution is 2.38. The lowest BCUT2D eigenvalue weighted by molar-refractivity contribution is -0.138. The van der Waals surface area contributed by atoms with E-state index in [4.69, 9.17) is 9.73 Å². The number of nitrogens with one attached hydrogen (secondary N) is 2. The SMILES string of the molecule is CCNC(=NCc1ccc(COC)cc1)NCC1(C(=O)N(C)C)CCCC1. The Balaban J connectivity index is 2.01. The molecule has 1 fully saturated rings. The van der Waals surface area contributed by atoms with Gasteiger partial charge in [-0.3, -0.25) is 4.79 Å². The third-order valence-electron chi connectivity index (χ3n) is 5.11. The molecule has 0 aliphatic heterocycles. The number of hydrogen-bond donors (Lipinski definition) is 2. The van der Waals surface area contributed by atoms with Crippen molar-refractivity contribution in [3.63, 3.8) is 0 Å². The minimum absolute atomic E-state index is 0.220. The smallest absolute Gasteiger partial charge is 0.230 e. The van der Waals surface area contributed by atoms with Crippen LogP contribution in [0.1, 0.15) is 43.7 Å². The number of rotatable bonds is 8. The summed E-state index contributed by atoms with van der Waals surface area (Å²) in [6, 6.07) is 8.29. The zero-order valence-corrected chi connectivity index (χ0v) is 17.2. The van der Waals surface area contributed by atoms with Gasteiger partial charge in [0, 0.05) is 34.3 Å². The molecule has 1 aliphatic carbocycles. The summed E-state index contributed by atoms with van der Waals surface area (Å²) in [6.07, 6.45) is 4.11. The summed E-state index contributed by atoms with van der Waals surface area (Å²) >= 11 is 0. The molecule has 6 heteroatoms. The number of carbonyl (C=O) groups is 1. The molecule has 2 rings (SSSR count). The van der Waals surface area contributed by atoms with Gasteiger partial charge in [0.05, 0.1) is 18.6 Å². The second-order valence-corrected chi connectivity index (χ2v) is 7.49. The number of hydrogen-bond acceptors (Lipinski definition) is 3. The summed E-state index contributed by atoms with van der Waals surface area (Å²) < 4.78 is 5.15. The summed E-state index contributed by atoms with van der Waals surface area (Å²) in [5.41, 5.74) is 1.99. The largest absolute Gasteiger partial charge is 0.380 e. The average Bonchev–Trinajstić information content (AvgIpc) is 3.15. The van der Waals surface area contributed by atoms with Crippen LogP contribution < -0.4 is 10.6 Å². The molecule has 1 aromatic carbocycles. The number of guanidine groups is 1. The van der Waals surface area contributed by atoms with Gasteiger partial charge in [0.15, 0.2) is 5.96 Å². The van der Waals surface area contributed by atoms with Crippen LogP contribution in [0, 0.1) is 5.41 Å². The normalized spacial score (nSPS) is 16.2. The van der Waals surface area contributed by atoms with Gasteiger partial charge in [-0.1, -0.05) is 37.1 Å². The highest BCUT2D eigenvalue weighted by molar-refractivity contribution is 5.85. The Kier molecular flexibility index (Phi) is 8.10. The van der Waals surface area contributed by atoms with Crippen molar-refractivity contribution < 1.29 is 9.53 Å². The fourth-order valence-corrected chi connectivity index (χ4v) is 3.66. The summed E-state index contributed by atoms with van der Waals surface area (Å²) in [6.45, 7) is 4.68. The van der Waals surface area contributed by atoms with Gasteiger partial charge >= 0.3 is 0 Å². The average molecular weight is 375 g/mol. The fraction of sp³-hybridized carbons (Fsp3) is 0.619. The molecule has 1 aromatic rings. The van der Waals surface area contributed by atoms with E-state index in [0.717, 1.165) is 49.3 Å². The van der Waals surface area contributed by atoms with Crippen LogP contribution >= 0.6 is 0 Å². The number of benzene rings is 1. The quantitative estimate of drug-likeness (QED) is 0.542. The van der Waals surface area contributed by atoms with Gasteiger partial charge in [0.25, 0.3) is 0 Å². The van der Waals surface area contributed by atoms with Crippen LogP contribution in [0.3, 0.4) is 0 Å². The van der Waals surface area contributed by atoms with E-state index >= 15 is 0 Å². The molecule has 6 nitrogen and oxygen atoms in total. The zero-order valence-electron chi connectivity index (χ0n) is 17.2. The van der Waals surface area contributed by atoms with Gasteiger partial charge in [-0.15, -0.1) is 0 Å². The van der Waals surface area contributed by atoms with Crippen molar-refractivity contribution in [2.24, 2.45) is 10.4 Å². The summed E-state index contributed by atoms with van der Waals surface area (Å²) in [5, 5.41) is 6.70. The second-order valence-electron chi connectivity index (χ2n) is 7.49. The molecule has 1 saturated carbocycles. The lowest BCUT2D eigenvalue weighted by Crippen LogP contribution is -2.49. The van der Waals surface area contributed by atoms with Crippen LogP contribution in [0.5, 0.6) is 0 Å². The Morgan fingerprint density at radius 3 is 2.33 bits per heavy atom. The number of nitrogens with zero attached hydrogens (tertiary/aromatic N) is 2. The summed E-state index contributed by atoms with van der Waals surface area (Å²) in [4.78, 5) is 19.1. The van der Waals surface area contributed by atoms with E-state index in [1.807, 2.05) is 21.0 Å². The van der Waals surface area contributed by atoms with Crippen molar-refractivity contribution in [2.45, 2.75) is 45.8 Å². The first-order chi connectivity index (χ1) is 13.0. The van der Waals surface area contributed by atoms with E-state index in [0.29, 0.717) is 19.7 Å². The Hall–Kier alpha value is -2.08. The number of aliphatic imine (C=N–C) groups is 1. The standard InChI is InChI=1S/C21H34N4O2/c1-5-22-20(23-14-17-8-10-18(11-9-17)15-27-4)24-16-21(12-6-7-13-21)19(26)25(2)3/h8-11H,5-7,12-16H2,1-4H3,(H2,22,23,24). The highest BCUT2D eigenvalue weighted by Gasteiger charge is 2.42. The predicted octanol–water partition coefficient (Wildman–Crippen LogP) is 2.54. The van der Waals surface area contributed by atoms with Crippen molar-refractivity contribution in [1.29, 1.82) is 0 Å². The minimum Gasteiger partial charge on any atom is -0.380 e. The maximum absolute atomic E-state index is 12.7. The van der Waals surface area contributed by atoms with Crippen LogP contribution in [-0.4, -0.2) is 51.1 Å². The van der Waals surface area contributed by atoms with E-state index in [1.165, 1.54) is 0 Å². The Morgan fingerprint density at radius 2 is 1.78 bits per heavy atom. The van der Waals surface area contributed by atoms with Gasteiger partial charge in [0.1, 0.15) is 0 Å². The van der Waals surface area contributed by atoms with Crippen LogP contribution in [-0.2, 0) is 22.7 Å². The highest BCUT2D eigenvalue weighted by atomic mass is 16.5. The minimum atomic E-state index is -0.304. The Morgan fingerprint density at radius 1 is 1.15 bits per heavy atom. The van der Waals surface area contributed by atoms with E-state index in [2.05, 4.69) is 34.9 Å². The van der Waals surface area contributed by atoms with Crippen molar-refractivity contribution >= 4 is 11.9 Å². The van der Waals surface area contributed by atoms with Gasteiger partial charge in [-0.2, -0.15) is 0 Å². The first kappa shape index (κ1) is 21.2. The molecule has 0 saturated heterocycles. The molecular weight excluding hydrogens is 340 g/mol. The molecule has 0 atom stereocenters. The summed E-state index contributed by atoms with van der Waals surface area (Å²) in [5.74, 6) is 0.980. The Bertz CT molecular complexity index is 620. The number of amides is 1. The first-order valence-electron chi connectivity index (χ1n) is 9.81. The summed E-state index contributed by atoms with van der Waals surface area (Å²) in [7, 11) is 5.38. The zero-order chi connectivity index (χ0) is 19.7. The van der Waals surface area contributed by atoms with Crippen molar-refractivity contribution in [1.82, 2.24) is 15.5 Å². The van der Waals surface area contributed by atoms with Gasteiger partial charge in [0.2, 0.25) is 5.91 Å². The maximum atomic E-state index is 12.7. The number of carbonyl (C=O) groups excluding carboxylic acids is 1. The third-order valence-corrected chi connectivity index (χ3v) is 5.11. The van der Waals surface area contributed by atoms with Crippen LogP contribution in [0.25, 0.3) is 0 Å². The Labute approximate surface area is 163 Å². The molecule has 0 unspecified atom stereocenters. The van der Waals surface area contributed by atoms with Crippen molar-refractivity contribution in [2.75, 3.05) is 34.3 Å². The molecule has 150 valence electrons. The molecule has 1 aliphatic rings. The van der Waals surface area contributed by atoms with E-state index < -0.39 is 0 Å². The van der Waals surface area contributed by atoms with Crippen molar-refractivity contribution in [3.8, 4) is 0 Å². The van der Waals surface area contributed by atoms with E-state index in [9.17, 15) is 4.79 Å². The van der Waals surface area contributed by atoms with Crippen LogP contribution in [0.15, 0.2) is 29.3 Å². The maximum Gasteiger partial charge on any atom is 0.230 e. The monoisotopic (exact) mass is 374 g/mol. The van der Waals surface area contributed by atoms with Crippen LogP contribution in [0.2, 0.25) is 0 Å². The molecule has 0 heterocycles. The molecule has 27 heavy (non-hydrogen) atoms. The van der Waals surface area contributed by atoms with Crippen molar-refractivity contribution in [3.05, 3.63) is 35.4 Å². The van der Waals surface area contributed by atoms with Gasteiger partial charge in [-0.25, -0.2) is 4.99 Å². The number of ether oxygens (including phenoxy) is 1. The van der Waals surface area contributed by atoms with Gasteiger partial charge in [-0.05, 0) is 30.9 Å². The van der Waals surface area contributed by atoms with Gasteiger partial charge < -0.3 is 20.3 Å². The molecule has 0 radical (unpaired) electrons. The molecule has 0 spiro atoms. The van der Waals surface area contributed by atoms with E-state index in [-0.39, 0.29) is 11.3 Å². The molecule has 2 N–H and O–H groups in total. The molecule has 1 amide bonds. The third kappa shape index (κ3) is 5.96. The van der Waals surface area contributed by atoms with Crippen LogP contribution in [0.4, 0.5) is 0 Å². The topological polar surface area (TPSA) is 66.0 Å². The first-order valence-corrected chi connectivity index (χ1v) is 9.81. The molecular formula is C21H34N4O2. The lowest BCUT2D eigenvalue weighted by Gasteiger charge is -2.31. The van der Waals surface area contributed by atoms with E-state index in [1.54, 1.807) is 12.0 Å². The molecule has 0 aromatic heterocycles. The molecule has 0 bridgehead atoms. The second kappa shape index (κ2) is 10.3. The lowest BCUT2D eigenvalue weighted by atomic mass is 9.84. The fourth-order valence-electron chi connectivity index (χ4n) is 3.66. The number of methoxy groups -OCH3 is 1.